The fourth-order valence-corrected chi connectivity index (χ4v) is 3.33. The number of hydrogen-bond acceptors (Lipinski definition) is 4. The number of aromatic nitrogens is 1. The largest absolute Gasteiger partial charge is 0.487 e. The predicted octanol–water partition coefficient (Wildman–Crippen LogP) is 5.87. The second-order valence-electron chi connectivity index (χ2n) is 7.70. The second-order valence-corrected chi connectivity index (χ2v) is 8.11. The van der Waals surface area contributed by atoms with Crippen LogP contribution in [0.15, 0.2) is 36.5 Å². The maximum Gasteiger partial charge on any atom is 0.219 e. The number of allylic oxidation sites excluding steroid dienone is 1. The smallest absolute Gasteiger partial charge is 0.219 e. The molecular formula is C22H24ClNO3. The summed E-state index contributed by atoms with van der Waals surface area (Å²) in [5.74, 6) is 2.25. The normalized spacial score (nSPS) is 16.0. The van der Waals surface area contributed by atoms with Gasteiger partial charge in [0, 0.05) is 36.7 Å². The van der Waals surface area contributed by atoms with Crippen LogP contribution in [0, 0.1) is 5.92 Å². The molecule has 1 aromatic carbocycles. The van der Waals surface area contributed by atoms with E-state index in [0.717, 1.165) is 23.3 Å². The van der Waals surface area contributed by atoms with Gasteiger partial charge in [-0.05, 0) is 44.4 Å². The van der Waals surface area contributed by atoms with Crippen molar-refractivity contribution in [3.8, 4) is 17.4 Å². The molecular weight excluding hydrogens is 362 g/mol. The third-order valence-corrected chi connectivity index (χ3v) is 4.61. The molecule has 1 aliphatic heterocycles. The highest BCUT2D eigenvalue weighted by molar-refractivity contribution is 6.32. The summed E-state index contributed by atoms with van der Waals surface area (Å²) in [7, 11) is 0. The molecule has 0 amide bonds. The molecule has 1 atom stereocenters. The molecule has 0 radical (unpaired) electrons. The lowest BCUT2D eigenvalue weighted by molar-refractivity contribution is -0.117. The number of ether oxygens (including phenoxy) is 2. The Morgan fingerprint density at radius 2 is 2.19 bits per heavy atom. The molecule has 0 unspecified atom stereocenters. The lowest BCUT2D eigenvalue weighted by atomic mass is 10.0. The van der Waals surface area contributed by atoms with Crippen LogP contribution in [0.1, 0.15) is 45.2 Å². The van der Waals surface area contributed by atoms with Crippen molar-refractivity contribution < 1.29 is 14.3 Å². The molecule has 1 aliphatic rings. The molecule has 0 aliphatic carbocycles. The van der Waals surface area contributed by atoms with Gasteiger partial charge in [0.15, 0.2) is 0 Å². The molecule has 0 bridgehead atoms. The number of halogens is 1. The average molecular weight is 386 g/mol. The van der Waals surface area contributed by atoms with Crippen LogP contribution in [0.4, 0.5) is 0 Å². The topological polar surface area (TPSA) is 48.4 Å². The van der Waals surface area contributed by atoms with Crippen LogP contribution in [0.2, 0.25) is 5.02 Å². The molecule has 0 saturated carbocycles. The Balaban J connectivity index is 1.69. The van der Waals surface area contributed by atoms with Gasteiger partial charge in [0.2, 0.25) is 5.88 Å². The van der Waals surface area contributed by atoms with Gasteiger partial charge in [-0.15, -0.1) is 0 Å². The summed E-state index contributed by atoms with van der Waals surface area (Å²) >= 11 is 6.34. The first-order chi connectivity index (χ1) is 12.7. The molecule has 0 saturated heterocycles. The van der Waals surface area contributed by atoms with Crippen LogP contribution < -0.4 is 9.47 Å². The van der Waals surface area contributed by atoms with Gasteiger partial charge in [-0.2, -0.15) is 0 Å². The number of fused-ring (bicyclic) bond motifs is 1. The van der Waals surface area contributed by atoms with E-state index in [1.807, 2.05) is 45.1 Å². The van der Waals surface area contributed by atoms with Crippen LogP contribution >= 0.6 is 11.6 Å². The van der Waals surface area contributed by atoms with Crippen LogP contribution in [-0.4, -0.2) is 16.4 Å². The summed E-state index contributed by atoms with van der Waals surface area (Å²) in [6.45, 7) is 7.72. The van der Waals surface area contributed by atoms with Crippen molar-refractivity contribution in [2.75, 3.05) is 0 Å². The zero-order chi connectivity index (χ0) is 19.6. The molecule has 0 spiro atoms. The molecule has 5 heteroatoms. The lowest BCUT2D eigenvalue weighted by Crippen LogP contribution is -2.24. The SMILES string of the molecule is CC(=O)C[C@@H](C)/C=C/c1ccc(Oc2cc3c(cc2Cl)OC(C)(C)C3)nc1. The van der Waals surface area contributed by atoms with E-state index >= 15 is 0 Å². The minimum absolute atomic E-state index is 0.189. The van der Waals surface area contributed by atoms with Crippen LogP contribution in [0.5, 0.6) is 17.4 Å². The van der Waals surface area contributed by atoms with E-state index in [-0.39, 0.29) is 17.3 Å². The molecule has 4 nitrogen and oxygen atoms in total. The van der Waals surface area contributed by atoms with E-state index < -0.39 is 0 Å². The van der Waals surface area contributed by atoms with Crippen molar-refractivity contribution in [2.24, 2.45) is 5.92 Å². The Kier molecular flexibility index (Phi) is 5.56. The van der Waals surface area contributed by atoms with Crippen molar-refractivity contribution in [3.63, 3.8) is 0 Å². The molecule has 2 aromatic rings. The average Bonchev–Trinajstić information content (AvgIpc) is 2.87. The highest BCUT2D eigenvalue weighted by Gasteiger charge is 2.31. The summed E-state index contributed by atoms with van der Waals surface area (Å²) in [5, 5.41) is 0.496. The van der Waals surface area contributed by atoms with Crippen molar-refractivity contribution >= 4 is 23.5 Å². The predicted molar refractivity (Wildman–Crippen MR) is 108 cm³/mol. The highest BCUT2D eigenvalue weighted by atomic mass is 35.5. The van der Waals surface area contributed by atoms with Crippen LogP contribution in [0.25, 0.3) is 6.08 Å². The first-order valence-electron chi connectivity index (χ1n) is 9.05. The molecule has 2 heterocycles. The van der Waals surface area contributed by atoms with Crippen molar-refractivity contribution in [1.82, 2.24) is 4.98 Å². The van der Waals surface area contributed by atoms with Gasteiger partial charge >= 0.3 is 0 Å². The molecule has 27 heavy (non-hydrogen) atoms. The number of nitrogens with zero attached hydrogens (tertiary/aromatic N) is 1. The number of ketones is 1. The fraction of sp³-hybridized carbons (Fsp3) is 0.364. The standard InChI is InChI=1S/C22H24ClNO3/c1-14(9-15(2)25)5-6-16-7-8-21(24-13-16)26-20-10-17-12-22(3,4)27-19(17)11-18(20)23/h5-8,10-11,13-14H,9,12H2,1-4H3/b6-5+/t14-/m0/s1. The van der Waals surface area contributed by atoms with Gasteiger partial charge < -0.3 is 14.3 Å². The molecule has 142 valence electrons. The lowest BCUT2D eigenvalue weighted by Gasteiger charge is -2.16. The Morgan fingerprint density at radius 1 is 1.41 bits per heavy atom. The second kappa shape index (κ2) is 7.73. The minimum atomic E-state index is -0.226. The zero-order valence-electron chi connectivity index (χ0n) is 16.1. The summed E-state index contributed by atoms with van der Waals surface area (Å²) in [6, 6.07) is 7.45. The minimum Gasteiger partial charge on any atom is -0.487 e. The summed E-state index contributed by atoms with van der Waals surface area (Å²) < 4.78 is 11.8. The maximum absolute atomic E-state index is 11.1. The van der Waals surface area contributed by atoms with Crippen molar-refractivity contribution in [2.45, 2.75) is 46.1 Å². The number of pyridine rings is 1. The number of Topliss-reactive ketones (excluding diaryl/α,β-unsaturated/α-hetero) is 1. The fourth-order valence-electron chi connectivity index (χ4n) is 3.14. The van der Waals surface area contributed by atoms with Crippen molar-refractivity contribution in [3.05, 3.63) is 52.7 Å². The quantitative estimate of drug-likeness (QED) is 0.624. The highest BCUT2D eigenvalue weighted by Crippen LogP contribution is 2.41. The first kappa shape index (κ1) is 19.4. The maximum atomic E-state index is 11.1. The Bertz CT molecular complexity index is 872. The van der Waals surface area contributed by atoms with E-state index in [0.29, 0.717) is 23.1 Å². The number of benzene rings is 1. The van der Waals surface area contributed by atoms with Gasteiger partial charge in [-0.1, -0.05) is 30.7 Å². The van der Waals surface area contributed by atoms with Crippen LogP contribution in [-0.2, 0) is 11.2 Å². The van der Waals surface area contributed by atoms with E-state index in [4.69, 9.17) is 21.1 Å². The number of rotatable bonds is 6. The number of carbonyl (C=O) groups excluding carboxylic acids is 1. The van der Waals surface area contributed by atoms with Gasteiger partial charge in [-0.3, -0.25) is 0 Å². The van der Waals surface area contributed by atoms with E-state index in [9.17, 15) is 4.79 Å². The Morgan fingerprint density at radius 3 is 2.85 bits per heavy atom. The van der Waals surface area contributed by atoms with Crippen molar-refractivity contribution in [1.29, 1.82) is 0 Å². The molecule has 0 N–H and O–H groups in total. The Hall–Kier alpha value is -2.33. The third kappa shape index (κ3) is 5.10. The monoisotopic (exact) mass is 385 g/mol. The zero-order valence-corrected chi connectivity index (χ0v) is 16.8. The number of carbonyl (C=O) groups is 1. The van der Waals surface area contributed by atoms with Gasteiger partial charge in [0.25, 0.3) is 0 Å². The summed E-state index contributed by atoms with van der Waals surface area (Å²) in [5.41, 5.74) is 1.81. The van der Waals surface area contributed by atoms with Gasteiger partial charge in [0.05, 0.1) is 5.02 Å². The molecule has 3 rings (SSSR count). The van der Waals surface area contributed by atoms with E-state index in [1.54, 1.807) is 25.3 Å². The number of hydrogen-bond donors (Lipinski definition) is 0. The van der Waals surface area contributed by atoms with Crippen LogP contribution in [0.3, 0.4) is 0 Å². The first-order valence-corrected chi connectivity index (χ1v) is 9.43. The third-order valence-electron chi connectivity index (χ3n) is 4.32. The Labute approximate surface area is 165 Å². The summed E-state index contributed by atoms with van der Waals surface area (Å²) in [4.78, 5) is 15.5. The molecule has 0 fully saturated rings. The van der Waals surface area contributed by atoms with E-state index in [2.05, 4.69) is 4.98 Å². The summed E-state index contributed by atoms with van der Waals surface area (Å²) in [6.07, 6.45) is 7.07. The van der Waals surface area contributed by atoms with E-state index in [1.165, 1.54) is 0 Å². The molecule has 1 aromatic heterocycles. The van der Waals surface area contributed by atoms with Gasteiger partial charge in [0.1, 0.15) is 22.9 Å². The van der Waals surface area contributed by atoms with Gasteiger partial charge in [-0.25, -0.2) is 4.98 Å².